The van der Waals surface area contributed by atoms with Crippen LogP contribution in [0.3, 0.4) is 0 Å². The number of rotatable bonds is 6. The Balaban J connectivity index is 2.73. The third kappa shape index (κ3) is 4.26. The highest BCUT2D eigenvalue weighted by atomic mass is 32.2. The number of ether oxygens (including phenoxy) is 1. The molecule has 0 aliphatic heterocycles. The van der Waals surface area contributed by atoms with Gasteiger partial charge in [-0.15, -0.1) is 11.8 Å². The molecule has 1 N–H and O–H groups in total. The minimum absolute atomic E-state index is 0.0107. The molecule has 0 heterocycles. The second-order valence-electron chi connectivity index (χ2n) is 4.11. The monoisotopic (exact) mass is 284 g/mol. The highest BCUT2D eigenvalue weighted by Gasteiger charge is 2.20. The van der Waals surface area contributed by atoms with Crippen molar-refractivity contribution in [3.8, 4) is 5.75 Å². The SMILES string of the molecule is CCSC(=S)C[C@H](O)[C@H](C)c1ccccc1OC. The second-order valence-corrected chi connectivity index (χ2v) is 6.22. The Labute approximate surface area is 119 Å². The van der Waals surface area contributed by atoms with Gasteiger partial charge in [0.25, 0.3) is 0 Å². The predicted octanol–water partition coefficient (Wildman–Crippen LogP) is 3.63. The van der Waals surface area contributed by atoms with Gasteiger partial charge in [-0.2, -0.15) is 0 Å². The van der Waals surface area contributed by atoms with E-state index in [1.54, 1.807) is 18.9 Å². The van der Waals surface area contributed by atoms with Crippen molar-refractivity contribution < 1.29 is 9.84 Å². The van der Waals surface area contributed by atoms with Crippen LogP contribution in [-0.4, -0.2) is 28.3 Å². The first-order valence-electron chi connectivity index (χ1n) is 6.06. The Bertz CT molecular complexity index is 393. The van der Waals surface area contributed by atoms with Gasteiger partial charge in [0.15, 0.2) is 0 Å². The number of methoxy groups -OCH3 is 1. The largest absolute Gasteiger partial charge is 0.496 e. The number of para-hydroxylation sites is 1. The van der Waals surface area contributed by atoms with Crippen LogP contribution in [0.5, 0.6) is 5.75 Å². The van der Waals surface area contributed by atoms with E-state index in [9.17, 15) is 5.11 Å². The lowest BCUT2D eigenvalue weighted by Crippen LogP contribution is -2.19. The number of hydrogen-bond donors (Lipinski definition) is 1. The fraction of sp³-hybridized carbons (Fsp3) is 0.500. The van der Waals surface area contributed by atoms with Crippen molar-refractivity contribution in [1.82, 2.24) is 0 Å². The average Bonchev–Trinajstić information content (AvgIpc) is 2.38. The van der Waals surface area contributed by atoms with Gasteiger partial charge in [0.05, 0.1) is 17.4 Å². The second kappa shape index (κ2) is 7.77. The first-order chi connectivity index (χ1) is 8.60. The Morgan fingerprint density at radius 1 is 1.44 bits per heavy atom. The van der Waals surface area contributed by atoms with Crippen LogP contribution in [0.2, 0.25) is 0 Å². The molecule has 1 aromatic carbocycles. The van der Waals surface area contributed by atoms with Crippen LogP contribution in [0, 0.1) is 0 Å². The molecule has 2 atom stereocenters. The Hall–Kier alpha value is -0.580. The van der Waals surface area contributed by atoms with Crippen LogP contribution in [-0.2, 0) is 0 Å². The molecule has 0 aliphatic carbocycles. The van der Waals surface area contributed by atoms with E-state index in [0.29, 0.717) is 6.42 Å². The van der Waals surface area contributed by atoms with Crippen molar-refractivity contribution in [1.29, 1.82) is 0 Å². The van der Waals surface area contributed by atoms with Gasteiger partial charge < -0.3 is 9.84 Å². The molecule has 0 aliphatic rings. The van der Waals surface area contributed by atoms with Crippen LogP contribution in [0.4, 0.5) is 0 Å². The number of thiocarbonyl (C=S) groups is 1. The van der Waals surface area contributed by atoms with Crippen molar-refractivity contribution in [3.05, 3.63) is 29.8 Å². The quantitative estimate of drug-likeness (QED) is 0.808. The summed E-state index contributed by atoms with van der Waals surface area (Å²) in [5.74, 6) is 1.78. The number of benzene rings is 1. The van der Waals surface area contributed by atoms with Crippen molar-refractivity contribution in [2.75, 3.05) is 12.9 Å². The third-order valence-electron chi connectivity index (χ3n) is 2.89. The molecule has 0 bridgehead atoms. The summed E-state index contributed by atoms with van der Waals surface area (Å²) in [5.41, 5.74) is 1.02. The molecule has 0 unspecified atom stereocenters. The molecule has 100 valence electrons. The van der Waals surface area contributed by atoms with E-state index < -0.39 is 6.10 Å². The van der Waals surface area contributed by atoms with E-state index in [1.165, 1.54) is 0 Å². The highest BCUT2D eigenvalue weighted by Crippen LogP contribution is 2.30. The van der Waals surface area contributed by atoms with Crippen LogP contribution >= 0.6 is 24.0 Å². The molecule has 0 spiro atoms. The average molecular weight is 284 g/mol. The maximum Gasteiger partial charge on any atom is 0.122 e. The fourth-order valence-electron chi connectivity index (χ4n) is 1.82. The smallest absolute Gasteiger partial charge is 0.122 e. The first kappa shape index (κ1) is 15.5. The van der Waals surface area contributed by atoms with Crippen LogP contribution in [0.15, 0.2) is 24.3 Å². The third-order valence-corrected chi connectivity index (χ3v) is 4.19. The molecule has 0 amide bonds. The van der Waals surface area contributed by atoms with Crippen molar-refractivity contribution in [2.45, 2.75) is 32.3 Å². The van der Waals surface area contributed by atoms with Gasteiger partial charge >= 0.3 is 0 Å². The van der Waals surface area contributed by atoms with Gasteiger partial charge in [-0.3, -0.25) is 0 Å². The summed E-state index contributed by atoms with van der Waals surface area (Å²) in [4.78, 5) is 0. The topological polar surface area (TPSA) is 29.5 Å². The Morgan fingerprint density at radius 2 is 2.11 bits per heavy atom. The molecule has 0 radical (unpaired) electrons. The lowest BCUT2D eigenvalue weighted by molar-refractivity contribution is 0.156. The van der Waals surface area contributed by atoms with Crippen LogP contribution < -0.4 is 4.74 Å². The van der Waals surface area contributed by atoms with Crippen molar-refractivity contribution in [3.63, 3.8) is 0 Å². The molecule has 2 nitrogen and oxygen atoms in total. The normalized spacial score (nSPS) is 14.0. The molecule has 0 aromatic heterocycles. The van der Waals surface area contributed by atoms with Gasteiger partial charge in [0.1, 0.15) is 5.75 Å². The van der Waals surface area contributed by atoms with Crippen LogP contribution in [0.25, 0.3) is 0 Å². The van der Waals surface area contributed by atoms with E-state index in [4.69, 9.17) is 17.0 Å². The molecule has 1 rings (SSSR count). The van der Waals surface area contributed by atoms with E-state index in [1.807, 2.05) is 31.2 Å². The zero-order valence-corrected chi connectivity index (χ0v) is 12.7. The molecule has 1 aromatic rings. The molecular weight excluding hydrogens is 264 g/mol. The fourth-order valence-corrected chi connectivity index (χ4v) is 2.95. The molecular formula is C14H20O2S2. The number of thioether (sulfide) groups is 1. The lowest BCUT2D eigenvalue weighted by atomic mass is 9.93. The van der Waals surface area contributed by atoms with E-state index in [-0.39, 0.29) is 5.92 Å². The zero-order valence-electron chi connectivity index (χ0n) is 11.1. The minimum Gasteiger partial charge on any atom is -0.496 e. The standard InChI is InChI=1S/C14H20O2S2/c1-4-18-14(17)9-12(15)10(2)11-7-5-6-8-13(11)16-3/h5-8,10,12,15H,4,9H2,1-3H3/t10-,12+/m1/s1. The molecule has 4 heteroatoms. The lowest BCUT2D eigenvalue weighted by Gasteiger charge is -2.21. The molecule has 18 heavy (non-hydrogen) atoms. The molecule has 0 fully saturated rings. The van der Waals surface area contributed by atoms with Gasteiger partial charge in [0.2, 0.25) is 0 Å². The summed E-state index contributed by atoms with van der Waals surface area (Å²) in [6, 6.07) is 7.79. The first-order valence-corrected chi connectivity index (χ1v) is 7.46. The zero-order chi connectivity index (χ0) is 13.5. The minimum atomic E-state index is -0.465. The predicted molar refractivity (Wildman–Crippen MR) is 82.8 cm³/mol. The summed E-state index contributed by atoms with van der Waals surface area (Å²) in [6.07, 6.45) is 0.0837. The van der Waals surface area contributed by atoms with Crippen LogP contribution in [0.1, 0.15) is 31.7 Å². The number of hydrogen-bond acceptors (Lipinski definition) is 4. The maximum atomic E-state index is 10.2. The van der Waals surface area contributed by atoms with Gasteiger partial charge in [-0.25, -0.2) is 0 Å². The summed E-state index contributed by atoms with van der Waals surface area (Å²) in [5, 5.41) is 10.2. The van der Waals surface area contributed by atoms with E-state index in [2.05, 4.69) is 6.92 Å². The number of aliphatic hydroxyl groups is 1. The molecule has 0 saturated heterocycles. The highest BCUT2D eigenvalue weighted by molar-refractivity contribution is 8.23. The van der Waals surface area contributed by atoms with Crippen molar-refractivity contribution >= 4 is 28.2 Å². The Kier molecular flexibility index (Phi) is 6.68. The van der Waals surface area contributed by atoms with E-state index in [0.717, 1.165) is 21.3 Å². The Morgan fingerprint density at radius 3 is 2.72 bits per heavy atom. The number of aliphatic hydroxyl groups excluding tert-OH is 1. The van der Waals surface area contributed by atoms with Gasteiger partial charge in [0, 0.05) is 12.3 Å². The van der Waals surface area contributed by atoms with E-state index >= 15 is 0 Å². The summed E-state index contributed by atoms with van der Waals surface area (Å²) in [6.45, 7) is 4.06. The maximum absolute atomic E-state index is 10.2. The molecule has 0 saturated carbocycles. The summed E-state index contributed by atoms with van der Waals surface area (Å²) in [7, 11) is 1.65. The van der Waals surface area contributed by atoms with Crippen molar-refractivity contribution in [2.24, 2.45) is 0 Å². The van der Waals surface area contributed by atoms with Gasteiger partial charge in [-0.1, -0.05) is 44.3 Å². The summed E-state index contributed by atoms with van der Waals surface area (Å²) >= 11 is 6.85. The van der Waals surface area contributed by atoms with Gasteiger partial charge in [-0.05, 0) is 17.4 Å². The summed E-state index contributed by atoms with van der Waals surface area (Å²) < 4.78 is 6.19.